The van der Waals surface area contributed by atoms with Gasteiger partial charge in [0.2, 0.25) is 0 Å². The summed E-state index contributed by atoms with van der Waals surface area (Å²) in [4.78, 5) is 11.7. The van der Waals surface area contributed by atoms with Crippen molar-refractivity contribution in [2.24, 2.45) is 0 Å². The first-order chi connectivity index (χ1) is 9.76. The number of para-hydroxylation sites is 1. The van der Waals surface area contributed by atoms with Crippen LogP contribution < -0.4 is 10.6 Å². The number of phenolic OH excluding ortho intramolecular Hbond substituents is 1. The molecule has 5 heteroatoms. The number of alkyl carbamates (subject to hydrolysis) is 1. The van der Waals surface area contributed by atoms with Crippen LogP contribution in [0.1, 0.15) is 45.7 Å². The Morgan fingerprint density at radius 2 is 2.00 bits per heavy atom. The van der Waals surface area contributed by atoms with Crippen LogP contribution in [-0.2, 0) is 4.74 Å². The zero-order valence-electron chi connectivity index (χ0n) is 13.0. The van der Waals surface area contributed by atoms with Crippen molar-refractivity contribution in [1.29, 1.82) is 0 Å². The Morgan fingerprint density at radius 3 is 2.62 bits per heavy atom. The van der Waals surface area contributed by atoms with Gasteiger partial charge in [-0.15, -0.1) is 0 Å². The van der Waals surface area contributed by atoms with Crippen LogP contribution in [0, 0.1) is 0 Å². The standard InChI is InChI=1S/C16H24N2O3/c1-10(11-7-5-6-8-14(11)19)17-12-9-13(12)18-15(20)21-16(2,3)4/h5-8,10,12-13,17,19H,9H2,1-4H3,(H,18,20). The van der Waals surface area contributed by atoms with Crippen molar-refractivity contribution >= 4 is 6.09 Å². The SMILES string of the molecule is CC(NC1CC1NC(=O)OC(C)(C)C)c1ccccc1O. The summed E-state index contributed by atoms with van der Waals surface area (Å²) in [5.74, 6) is 0.287. The number of rotatable bonds is 4. The highest BCUT2D eigenvalue weighted by Gasteiger charge is 2.40. The van der Waals surface area contributed by atoms with Crippen LogP contribution in [0.2, 0.25) is 0 Å². The van der Waals surface area contributed by atoms with Crippen LogP contribution >= 0.6 is 0 Å². The summed E-state index contributed by atoms with van der Waals surface area (Å²) in [6.45, 7) is 7.53. The second-order valence-corrected chi connectivity index (χ2v) is 6.54. The van der Waals surface area contributed by atoms with Gasteiger partial charge in [0.1, 0.15) is 11.4 Å². The van der Waals surface area contributed by atoms with Gasteiger partial charge in [-0.1, -0.05) is 18.2 Å². The highest BCUT2D eigenvalue weighted by Crippen LogP contribution is 2.29. The number of phenols is 1. The summed E-state index contributed by atoms with van der Waals surface area (Å²) in [7, 11) is 0. The molecular weight excluding hydrogens is 268 g/mol. The molecule has 1 aromatic rings. The molecule has 0 aromatic heterocycles. The van der Waals surface area contributed by atoms with E-state index in [-0.39, 0.29) is 30.0 Å². The lowest BCUT2D eigenvalue weighted by Gasteiger charge is -2.20. The quantitative estimate of drug-likeness (QED) is 0.798. The third kappa shape index (κ3) is 4.63. The Labute approximate surface area is 125 Å². The second kappa shape index (κ2) is 5.93. The van der Waals surface area contributed by atoms with E-state index in [9.17, 15) is 9.90 Å². The van der Waals surface area contributed by atoms with Crippen LogP contribution in [0.25, 0.3) is 0 Å². The molecule has 116 valence electrons. The van der Waals surface area contributed by atoms with Crippen molar-refractivity contribution in [3.05, 3.63) is 29.8 Å². The number of hydrogen-bond acceptors (Lipinski definition) is 4. The molecule has 1 aliphatic carbocycles. The van der Waals surface area contributed by atoms with Crippen LogP contribution in [0.15, 0.2) is 24.3 Å². The van der Waals surface area contributed by atoms with E-state index in [1.807, 2.05) is 39.8 Å². The van der Waals surface area contributed by atoms with Crippen molar-refractivity contribution in [3.8, 4) is 5.75 Å². The van der Waals surface area contributed by atoms with Gasteiger partial charge in [0, 0.05) is 23.7 Å². The first-order valence-corrected chi connectivity index (χ1v) is 7.30. The lowest BCUT2D eigenvalue weighted by Crippen LogP contribution is -2.37. The fourth-order valence-corrected chi connectivity index (χ4v) is 2.26. The fraction of sp³-hybridized carbons (Fsp3) is 0.562. The number of carbonyl (C=O) groups is 1. The monoisotopic (exact) mass is 292 g/mol. The molecule has 1 amide bonds. The van der Waals surface area contributed by atoms with E-state index in [1.165, 1.54) is 0 Å². The van der Waals surface area contributed by atoms with Crippen LogP contribution in [0.3, 0.4) is 0 Å². The molecule has 1 aliphatic rings. The third-order valence-electron chi connectivity index (χ3n) is 3.36. The van der Waals surface area contributed by atoms with Crippen molar-refractivity contribution in [2.75, 3.05) is 0 Å². The molecule has 3 atom stereocenters. The number of amides is 1. The molecule has 5 nitrogen and oxygen atoms in total. The Balaban J connectivity index is 1.80. The molecule has 0 heterocycles. The average molecular weight is 292 g/mol. The lowest BCUT2D eigenvalue weighted by atomic mass is 10.1. The summed E-state index contributed by atoms with van der Waals surface area (Å²) >= 11 is 0. The largest absolute Gasteiger partial charge is 0.508 e. The predicted molar refractivity (Wildman–Crippen MR) is 81.2 cm³/mol. The minimum atomic E-state index is -0.481. The molecule has 0 radical (unpaired) electrons. The Bertz CT molecular complexity index is 510. The van der Waals surface area contributed by atoms with Gasteiger partial charge < -0.3 is 20.5 Å². The maximum Gasteiger partial charge on any atom is 0.407 e. The number of nitrogens with one attached hydrogen (secondary N) is 2. The lowest BCUT2D eigenvalue weighted by molar-refractivity contribution is 0.0522. The second-order valence-electron chi connectivity index (χ2n) is 6.54. The zero-order valence-corrected chi connectivity index (χ0v) is 13.0. The number of aromatic hydroxyl groups is 1. The molecular formula is C16H24N2O3. The molecule has 0 aliphatic heterocycles. The average Bonchev–Trinajstić information content (AvgIpc) is 3.04. The molecule has 0 saturated heterocycles. The van der Waals surface area contributed by atoms with Crippen LogP contribution in [0.5, 0.6) is 5.75 Å². The molecule has 0 bridgehead atoms. The topological polar surface area (TPSA) is 70.6 Å². The summed E-state index contributed by atoms with van der Waals surface area (Å²) in [6, 6.07) is 7.61. The van der Waals surface area contributed by atoms with Crippen LogP contribution in [0.4, 0.5) is 4.79 Å². The van der Waals surface area contributed by atoms with E-state index in [0.29, 0.717) is 0 Å². The molecule has 3 N–H and O–H groups in total. The van der Waals surface area contributed by atoms with Gasteiger partial charge in [-0.25, -0.2) is 4.79 Å². The van der Waals surface area contributed by atoms with Gasteiger partial charge in [0.15, 0.2) is 0 Å². The van der Waals surface area contributed by atoms with Gasteiger partial charge in [-0.3, -0.25) is 0 Å². The minimum absolute atomic E-state index is 0.0293. The molecule has 21 heavy (non-hydrogen) atoms. The highest BCUT2D eigenvalue weighted by molar-refractivity contribution is 5.68. The Morgan fingerprint density at radius 1 is 1.33 bits per heavy atom. The third-order valence-corrected chi connectivity index (χ3v) is 3.36. The maximum absolute atomic E-state index is 11.7. The predicted octanol–water partition coefficient (Wildman–Crippen LogP) is 2.71. The maximum atomic E-state index is 11.7. The molecule has 2 rings (SSSR count). The number of carbonyl (C=O) groups excluding carboxylic acids is 1. The van der Waals surface area contributed by atoms with E-state index in [0.717, 1.165) is 12.0 Å². The van der Waals surface area contributed by atoms with Crippen molar-refractivity contribution in [3.63, 3.8) is 0 Å². The first kappa shape index (κ1) is 15.6. The van der Waals surface area contributed by atoms with E-state index in [4.69, 9.17) is 4.74 Å². The number of benzene rings is 1. The fourth-order valence-electron chi connectivity index (χ4n) is 2.26. The van der Waals surface area contributed by atoms with E-state index < -0.39 is 5.60 Å². The Kier molecular flexibility index (Phi) is 4.42. The summed E-state index contributed by atoms with van der Waals surface area (Å²) < 4.78 is 5.23. The van der Waals surface area contributed by atoms with Gasteiger partial charge in [-0.2, -0.15) is 0 Å². The first-order valence-electron chi connectivity index (χ1n) is 7.30. The summed E-state index contributed by atoms with van der Waals surface area (Å²) in [6.07, 6.45) is 0.490. The molecule has 1 saturated carbocycles. The zero-order chi connectivity index (χ0) is 15.6. The molecule has 1 aromatic carbocycles. The highest BCUT2D eigenvalue weighted by atomic mass is 16.6. The van der Waals surface area contributed by atoms with Gasteiger partial charge in [0.05, 0.1) is 0 Å². The van der Waals surface area contributed by atoms with E-state index in [1.54, 1.807) is 12.1 Å². The summed E-state index contributed by atoms with van der Waals surface area (Å²) in [5, 5.41) is 16.1. The minimum Gasteiger partial charge on any atom is -0.508 e. The summed E-state index contributed by atoms with van der Waals surface area (Å²) in [5.41, 5.74) is 0.380. The van der Waals surface area contributed by atoms with Crippen molar-refractivity contribution < 1.29 is 14.6 Å². The van der Waals surface area contributed by atoms with Crippen LogP contribution in [-0.4, -0.2) is 28.9 Å². The van der Waals surface area contributed by atoms with E-state index in [2.05, 4.69) is 10.6 Å². The van der Waals surface area contributed by atoms with Crippen molar-refractivity contribution in [2.45, 2.75) is 57.8 Å². The molecule has 0 spiro atoms. The normalized spacial score (nSPS) is 22.5. The van der Waals surface area contributed by atoms with Crippen molar-refractivity contribution in [1.82, 2.24) is 10.6 Å². The van der Waals surface area contributed by atoms with E-state index >= 15 is 0 Å². The Hall–Kier alpha value is -1.75. The smallest absolute Gasteiger partial charge is 0.407 e. The van der Waals surface area contributed by atoms with Gasteiger partial charge >= 0.3 is 6.09 Å². The van der Waals surface area contributed by atoms with Gasteiger partial charge in [0.25, 0.3) is 0 Å². The van der Waals surface area contributed by atoms with Gasteiger partial charge in [-0.05, 0) is 40.2 Å². The molecule has 1 fully saturated rings. The number of ether oxygens (including phenoxy) is 1. The molecule has 3 unspecified atom stereocenters. The number of hydrogen-bond donors (Lipinski definition) is 3.